The molecule has 0 atom stereocenters. The third-order valence-corrected chi connectivity index (χ3v) is 6.28. The lowest BCUT2D eigenvalue weighted by Crippen LogP contribution is -1.99. The van der Waals surface area contributed by atoms with Crippen molar-refractivity contribution in [2.24, 2.45) is 0 Å². The summed E-state index contributed by atoms with van der Waals surface area (Å²) in [6.07, 6.45) is 0. The number of nitrogens with zero attached hydrogens (tertiary/aromatic N) is 1. The molecular formula is C24H18N2O5S. The Hall–Kier alpha value is -3.88. The van der Waals surface area contributed by atoms with Gasteiger partial charge in [0.15, 0.2) is 0 Å². The first-order chi connectivity index (χ1) is 15.4. The molecule has 160 valence electrons. The molecule has 1 heterocycles. The second kappa shape index (κ2) is 7.37. The first-order valence-electron chi connectivity index (χ1n) is 9.73. The van der Waals surface area contributed by atoms with Crippen LogP contribution in [0.3, 0.4) is 0 Å². The number of rotatable bonds is 4. The van der Waals surface area contributed by atoms with Crippen LogP contribution in [0.1, 0.15) is 0 Å². The molecule has 0 spiro atoms. The zero-order valence-corrected chi connectivity index (χ0v) is 17.7. The van der Waals surface area contributed by atoms with Crippen molar-refractivity contribution < 1.29 is 22.8 Å². The van der Waals surface area contributed by atoms with Crippen molar-refractivity contribution in [3.63, 3.8) is 0 Å². The average Bonchev–Trinajstić information content (AvgIpc) is 3.22. The summed E-state index contributed by atoms with van der Waals surface area (Å²) < 4.78 is 39.5. The Morgan fingerprint density at radius 3 is 2.38 bits per heavy atom. The van der Waals surface area contributed by atoms with Crippen molar-refractivity contribution in [1.82, 2.24) is 9.97 Å². The van der Waals surface area contributed by atoms with Crippen LogP contribution in [0.5, 0.6) is 11.5 Å². The summed E-state index contributed by atoms with van der Waals surface area (Å²) >= 11 is 0. The quantitative estimate of drug-likeness (QED) is 0.335. The second-order valence-electron chi connectivity index (χ2n) is 7.28. The van der Waals surface area contributed by atoms with E-state index in [0.717, 1.165) is 11.1 Å². The number of aromatic nitrogens is 2. The highest BCUT2D eigenvalue weighted by Gasteiger charge is 2.22. The average molecular weight is 446 g/mol. The largest absolute Gasteiger partial charge is 0.507 e. The molecule has 32 heavy (non-hydrogen) atoms. The second-order valence-corrected chi connectivity index (χ2v) is 8.67. The predicted molar refractivity (Wildman–Crippen MR) is 123 cm³/mol. The van der Waals surface area contributed by atoms with E-state index in [1.54, 1.807) is 7.11 Å². The summed E-state index contributed by atoms with van der Waals surface area (Å²) in [5.41, 5.74) is 3.25. The zero-order valence-electron chi connectivity index (χ0n) is 16.9. The minimum atomic E-state index is -4.53. The number of imidazole rings is 1. The number of H-pyrrole nitrogens is 1. The smallest absolute Gasteiger partial charge is 0.295 e. The number of hydrogen-bond donors (Lipinski definition) is 3. The highest BCUT2D eigenvalue weighted by Crippen LogP contribution is 2.41. The van der Waals surface area contributed by atoms with Crippen LogP contribution in [0, 0.1) is 0 Å². The summed E-state index contributed by atoms with van der Waals surface area (Å²) in [7, 11) is -2.96. The van der Waals surface area contributed by atoms with Crippen molar-refractivity contribution in [2.45, 2.75) is 4.90 Å². The highest BCUT2D eigenvalue weighted by atomic mass is 32.2. The molecule has 0 amide bonds. The Bertz CT molecular complexity index is 1590. The fourth-order valence-electron chi connectivity index (χ4n) is 4.01. The number of para-hydroxylation sites is 1. The van der Waals surface area contributed by atoms with Crippen molar-refractivity contribution in [3.8, 4) is 34.0 Å². The van der Waals surface area contributed by atoms with Crippen LogP contribution in [0.25, 0.3) is 44.3 Å². The summed E-state index contributed by atoms with van der Waals surface area (Å²) in [5, 5.41) is 10.9. The van der Waals surface area contributed by atoms with E-state index >= 15 is 0 Å². The maximum Gasteiger partial charge on any atom is 0.295 e. The molecule has 0 aliphatic heterocycles. The number of nitrogens with one attached hydrogen (secondary N) is 1. The monoisotopic (exact) mass is 446 g/mol. The van der Waals surface area contributed by atoms with Gasteiger partial charge in [-0.1, -0.05) is 54.6 Å². The number of aromatic hydroxyl groups is 1. The summed E-state index contributed by atoms with van der Waals surface area (Å²) in [6.45, 7) is 0. The van der Waals surface area contributed by atoms with Gasteiger partial charge in [0, 0.05) is 10.9 Å². The van der Waals surface area contributed by atoms with E-state index in [0.29, 0.717) is 28.2 Å². The van der Waals surface area contributed by atoms with Gasteiger partial charge in [0.05, 0.1) is 23.6 Å². The molecule has 0 unspecified atom stereocenters. The molecule has 0 fully saturated rings. The van der Waals surface area contributed by atoms with Crippen molar-refractivity contribution in [3.05, 3.63) is 72.8 Å². The number of methoxy groups -OCH3 is 1. The number of benzene rings is 4. The van der Waals surface area contributed by atoms with Gasteiger partial charge in [0.2, 0.25) is 0 Å². The van der Waals surface area contributed by atoms with Gasteiger partial charge in [0.1, 0.15) is 27.7 Å². The van der Waals surface area contributed by atoms with Crippen molar-refractivity contribution >= 4 is 31.9 Å². The Balaban J connectivity index is 1.82. The molecule has 1 aromatic heterocycles. The Morgan fingerprint density at radius 1 is 0.938 bits per heavy atom. The minimum absolute atomic E-state index is 0.138. The first-order valence-corrected chi connectivity index (χ1v) is 11.2. The lowest BCUT2D eigenvalue weighted by atomic mass is 10.0. The van der Waals surface area contributed by atoms with Crippen LogP contribution in [0.15, 0.2) is 77.7 Å². The van der Waals surface area contributed by atoms with Gasteiger partial charge < -0.3 is 14.8 Å². The molecule has 7 nitrogen and oxygen atoms in total. The van der Waals surface area contributed by atoms with Gasteiger partial charge in [0.25, 0.3) is 10.1 Å². The van der Waals surface area contributed by atoms with E-state index in [9.17, 15) is 18.1 Å². The van der Waals surface area contributed by atoms with E-state index in [1.807, 2.05) is 48.5 Å². The fraction of sp³-hybridized carbons (Fsp3) is 0.0417. The highest BCUT2D eigenvalue weighted by molar-refractivity contribution is 7.86. The molecule has 0 aliphatic rings. The molecule has 3 N–H and O–H groups in total. The van der Waals surface area contributed by atoms with Gasteiger partial charge >= 0.3 is 0 Å². The van der Waals surface area contributed by atoms with Crippen LogP contribution in [0.4, 0.5) is 0 Å². The third-order valence-electron chi connectivity index (χ3n) is 5.39. The van der Waals surface area contributed by atoms with Crippen molar-refractivity contribution in [2.75, 3.05) is 7.11 Å². The predicted octanol–water partition coefficient (Wildman–Crippen LogP) is 5.01. The Morgan fingerprint density at radius 2 is 1.66 bits per heavy atom. The van der Waals surface area contributed by atoms with Gasteiger partial charge in [-0.25, -0.2) is 4.98 Å². The molecule has 5 aromatic rings. The van der Waals surface area contributed by atoms with E-state index in [2.05, 4.69) is 9.97 Å². The summed E-state index contributed by atoms with van der Waals surface area (Å²) in [4.78, 5) is 7.48. The van der Waals surface area contributed by atoms with E-state index in [1.165, 1.54) is 24.3 Å². The van der Waals surface area contributed by atoms with E-state index in [4.69, 9.17) is 4.74 Å². The minimum Gasteiger partial charge on any atom is -0.507 e. The zero-order chi connectivity index (χ0) is 22.5. The number of fused-ring (bicyclic) bond motifs is 3. The standard InChI is InChI=1S/C24H18N2O5S/c1-31-23-15(14-7-3-2-4-8-14)9-5-11-17(23)24-25-18-13-20(32(28,29)30)16-10-6-12-19(27)21(16)22(18)26-24/h2-13,27H,1H3,(H,25,26)(H,28,29,30). The van der Waals surface area contributed by atoms with Crippen LogP contribution < -0.4 is 4.74 Å². The number of hydrogen-bond acceptors (Lipinski definition) is 5. The van der Waals surface area contributed by atoms with Crippen LogP contribution in [0.2, 0.25) is 0 Å². The van der Waals surface area contributed by atoms with Gasteiger partial charge in [-0.2, -0.15) is 8.42 Å². The molecule has 0 saturated heterocycles. The Labute approximate surface area is 183 Å². The normalized spacial score (nSPS) is 11.8. The van der Waals surface area contributed by atoms with Gasteiger partial charge in [-0.15, -0.1) is 0 Å². The third kappa shape index (κ3) is 3.17. The number of ether oxygens (including phenoxy) is 1. The molecule has 4 aromatic carbocycles. The SMILES string of the molecule is COc1c(-c2ccccc2)cccc1-c1nc2c(cc(S(=O)(=O)O)c3cccc(O)c32)[nH]1. The maximum absolute atomic E-state index is 12.0. The molecule has 8 heteroatoms. The summed E-state index contributed by atoms with van der Waals surface area (Å²) in [6, 6.07) is 21.2. The number of aromatic amines is 1. The van der Waals surface area contributed by atoms with Crippen LogP contribution >= 0.6 is 0 Å². The number of phenolic OH excluding ortho intramolecular Hbond substituents is 1. The van der Waals surface area contributed by atoms with Crippen molar-refractivity contribution in [1.29, 1.82) is 0 Å². The summed E-state index contributed by atoms with van der Waals surface area (Å²) in [5.74, 6) is 0.897. The van der Waals surface area contributed by atoms with E-state index < -0.39 is 10.1 Å². The topological polar surface area (TPSA) is 113 Å². The molecule has 0 bridgehead atoms. The maximum atomic E-state index is 12.0. The van der Waals surface area contributed by atoms with Crippen LogP contribution in [-0.4, -0.2) is 35.2 Å². The molecule has 0 aliphatic carbocycles. The molecular weight excluding hydrogens is 428 g/mol. The molecule has 0 radical (unpaired) electrons. The first kappa shape index (κ1) is 20.0. The fourth-order valence-corrected chi connectivity index (χ4v) is 4.73. The number of phenols is 1. The van der Waals surface area contributed by atoms with E-state index in [-0.39, 0.29) is 21.4 Å². The molecule has 5 rings (SSSR count). The molecule has 0 saturated carbocycles. The lowest BCUT2D eigenvalue weighted by Gasteiger charge is -2.12. The van der Waals surface area contributed by atoms with Gasteiger partial charge in [-0.3, -0.25) is 4.55 Å². The van der Waals surface area contributed by atoms with Gasteiger partial charge in [-0.05, 0) is 23.8 Å². The van der Waals surface area contributed by atoms with Crippen LogP contribution in [-0.2, 0) is 10.1 Å². The lowest BCUT2D eigenvalue weighted by molar-refractivity contribution is 0.418. The Kier molecular flexibility index (Phi) is 4.61.